The lowest BCUT2D eigenvalue weighted by Crippen LogP contribution is -2.37. The Kier molecular flexibility index (Phi) is 5.14. The molecule has 0 fully saturated rings. The predicted octanol–water partition coefficient (Wildman–Crippen LogP) is 1.95. The van der Waals surface area contributed by atoms with Gasteiger partial charge in [-0.15, -0.1) is 0 Å². The van der Waals surface area contributed by atoms with Crippen LogP contribution in [0, 0.1) is 25.2 Å². The van der Waals surface area contributed by atoms with Crippen molar-refractivity contribution < 1.29 is 4.79 Å². The van der Waals surface area contributed by atoms with Crippen molar-refractivity contribution in [3.8, 4) is 6.07 Å². The minimum atomic E-state index is -0.533. The minimum absolute atomic E-state index is 0.0362. The Balaban J connectivity index is 2.26. The van der Waals surface area contributed by atoms with Gasteiger partial charge in [-0.05, 0) is 31.9 Å². The normalized spacial score (nSPS) is 11.6. The largest absolute Gasteiger partial charge is 0.337 e. The van der Waals surface area contributed by atoms with Crippen molar-refractivity contribution in [2.75, 3.05) is 7.05 Å². The summed E-state index contributed by atoms with van der Waals surface area (Å²) >= 11 is 0. The van der Waals surface area contributed by atoms with Gasteiger partial charge in [-0.1, -0.05) is 30.3 Å². The summed E-state index contributed by atoms with van der Waals surface area (Å²) in [4.78, 5) is 26.4. The van der Waals surface area contributed by atoms with Gasteiger partial charge in [-0.25, -0.2) is 4.68 Å². The maximum Gasteiger partial charge on any atom is 0.285 e. The van der Waals surface area contributed by atoms with Gasteiger partial charge in [-0.2, -0.15) is 10.4 Å². The molecule has 1 amide bonds. The molecule has 0 aliphatic heterocycles. The lowest BCUT2D eigenvalue weighted by molar-refractivity contribution is -0.132. The van der Waals surface area contributed by atoms with Crippen LogP contribution in [0.15, 0.2) is 35.1 Å². The highest BCUT2D eigenvalue weighted by Crippen LogP contribution is 2.18. The topological polar surface area (TPSA) is 79.0 Å². The number of amides is 1. The first-order chi connectivity index (χ1) is 11.4. The molecule has 1 aromatic heterocycles. The Morgan fingerprint density at radius 3 is 2.54 bits per heavy atom. The molecular weight excluding hydrogens is 304 g/mol. The minimum Gasteiger partial charge on any atom is -0.337 e. The van der Waals surface area contributed by atoms with Crippen molar-refractivity contribution in [3.05, 3.63) is 63.1 Å². The summed E-state index contributed by atoms with van der Waals surface area (Å²) < 4.78 is 1.07. The van der Waals surface area contributed by atoms with E-state index in [2.05, 4.69) is 5.10 Å². The molecule has 6 heteroatoms. The molecule has 2 aromatic rings. The van der Waals surface area contributed by atoms with E-state index in [-0.39, 0.29) is 24.1 Å². The lowest BCUT2D eigenvalue weighted by Gasteiger charge is -2.25. The third kappa shape index (κ3) is 3.35. The van der Waals surface area contributed by atoms with Crippen LogP contribution in [0.25, 0.3) is 0 Å². The van der Waals surface area contributed by atoms with E-state index < -0.39 is 5.56 Å². The Bertz CT molecular complexity index is 850. The van der Waals surface area contributed by atoms with Crippen LogP contribution in [-0.4, -0.2) is 27.6 Å². The zero-order valence-corrected chi connectivity index (χ0v) is 14.3. The highest BCUT2D eigenvalue weighted by Gasteiger charge is 2.20. The fourth-order valence-corrected chi connectivity index (χ4v) is 2.42. The zero-order valence-electron chi connectivity index (χ0n) is 14.3. The molecule has 124 valence electrons. The molecule has 0 aliphatic rings. The number of aromatic nitrogens is 2. The van der Waals surface area contributed by atoms with Crippen molar-refractivity contribution in [3.63, 3.8) is 0 Å². The SMILES string of the molecule is Cc1nn(CC(=O)N(C)[C@H](C)c2ccccc2)c(=O)c(C#N)c1C. The molecule has 2 rings (SSSR count). The Morgan fingerprint density at radius 2 is 1.96 bits per heavy atom. The maximum atomic E-state index is 12.5. The van der Waals surface area contributed by atoms with E-state index in [1.807, 2.05) is 43.3 Å². The second kappa shape index (κ2) is 7.09. The molecule has 6 nitrogen and oxygen atoms in total. The van der Waals surface area contributed by atoms with E-state index in [0.29, 0.717) is 11.3 Å². The number of carbonyl (C=O) groups is 1. The van der Waals surface area contributed by atoms with Crippen molar-refractivity contribution in [2.24, 2.45) is 0 Å². The van der Waals surface area contributed by atoms with Crippen molar-refractivity contribution in [1.82, 2.24) is 14.7 Å². The number of nitrogens with zero attached hydrogens (tertiary/aromatic N) is 4. The van der Waals surface area contributed by atoms with Gasteiger partial charge in [0.1, 0.15) is 18.2 Å². The van der Waals surface area contributed by atoms with Gasteiger partial charge in [0.15, 0.2) is 0 Å². The first-order valence-corrected chi connectivity index (χ1v) is 7.65. The first kappa shape index (κ1) is 17.4. The zero-order chi connectivity index (χ0) is 17.9. The van der Waals surface area contributed by atoms with Crippen LogP contribution in [0.5, 0.6) is 0 Å². The number of hydrogen-bond acceptors (Lipinski definition) is 4. The molecule has 0 aliphatic carbocycles. The predicted molar refractivity (Wildman–Crippen MR) is 90.3 cm³/mol. The van der Waals surface area contributed by atoms with Gasteiger partial charge in [0.2, 0.25) is 5.91 Å². The van der Waals surface area contributed by atoms with Gasteiger partial charge in [0.05, 0.1) is 11.7 Å². The van der Waals surface area contributed by atoms with Crippen LogP contribution >= 0.6 is 0 Å². The molecule has 0 radical (unpaired) electrons. The molecule has 0 bridgehead atoms. The standard InChI is InChI=1S/C18H20N4O2/c1-12-13(2)20-22(18(24)16(12)10-19)11-17(23)21(4)14(3)15-8-6-5-7-9-15/h5-9,14H,11H2,1-4H3/t14-/m1/s1. The van der Waals surface area contributed by atoms with Gasteiger partial charge in [0, 0.05) is 7.05 Å². The van der Waals surface area contributed by atoms with Crippen LogP contribution in [0.4, 0.5) is 0 Å². The van der Waals surface area contributed by atoms with E-state index >= 15 is 0 Å². The summed E-state index contributed by atoms with van der Waals surface area (Å²) in [7, 11) is 1.69. The third-order valence-electron chi connectivity index (χ3n) is 4.29. The highest BCUT2D eigenvalue weighted by atomic mass is 16.2. The summed E-state index contributed by atoms with van der Waals surface area (Å²) in [5.41, 5.74) is 1.63. The molecule has 1 aromatic carbocycles. The van der Waals surface area contributed by atoms with Gasteiger partial charge in [0.25, 0.3) is 5.56 Å². The Hall–Kier alpha value is -2.94. The molecule has 0 N–H and O–H groups in total. The van der Waals surface area contributed by atoms with Crippen molar-refractivity contribution in [1.29, 1.82) is 5.26 Å². The van der Waals surface area contributed by atoms with Crippen LogP contribution in [0.2, 0.25) is 0 Å². The monoisotopic (exact) mass is 324 g/mol. The van der Waals surface area contributed by atoms with Crippen molar-refractivity contribution >= 4 is 5.91 Å². The third-order valence-corrected chi connectivity index (χ3v) is 4.29. The average Bonchev–Trinajstić information content (AvgIpc) is 2.59. The quantitative estimate of drug-likeness (QED) is 0.861. The molecule has 0 saturated carbocycles. The fourth-order valence-electron chi connectivity index (χ4n) is 2.42. The second-order valence-electron chi connectivity index (χ2n) is 5.75. The molecule has 0 unspecified atom stereocenters. The van der Waals surface area contributed by atoms with E-state index in [9.17, 15) is 9.59 Å². The summed E-state index contributed by atoms with van der Waals surface area (Å²) in [5, 5.41) is 13.3. The number of rotatable bonds is 4. The van der Waals surface area contributed by atoms with Gasteiger partial charge >= 0.3 is 0 Å². The van der Waals surface area contributed by atoms with Crippen LogP contribution in [-0.2, 0) is 11.3 Å². The summed E-state index contributed by atoms with van der Waals surface area (Å²) in [6, 6.07) is 11.4. The lowest BCUT2D eigenvalue weighted by atomic mass is 10.1. The first-order valence-electron chi connectivity index (χ1n) is 7.65. The number of carbonyl (C=O) groups excluding carboxylic acids is 1. The molecule has 1 heterocycles. The second-order valence-corrected chi connectivity index (χ2v) is 5.75. The maximum absolute atomic E-state index is 12.5. The van der Waals surface area contributed by atoms with E-state index in [1.54, 1.807) is 25.8 Å². The van der Waals surface area contributed by atoms with Crippen LogP contribution in [0.1, 0.15) is 35.3 Å². The number of benzene rings is 1. The average molecular weight is 324 g/mol. The van der Waals surface area contributed by atoms with Gasteiger partial charge in [-0.3, -0.25) is 9.59 Å². The van der Waals surface area contributed by atoms with E-state index in [0.717, 1.165) is 10.2 Å². The smallest absolute Gasteiger partial charge is 0.285 e. The molecular formula is C18H20N4O2. The number of likely N-dealkylation sites (N-methyl/N-ethyl adjacent to an activating group) is 1. The molecule has 24 heavy (non-hydrogen) atoms. The summed E-state index contributed by atoms with van der Waals surface area (Å²) in [5.74, 6) is -0.243. The molecule has 1 atom stereocenters. The number of hydrogen-bond donors (Lipinski definition) is 0. The van der Waals surface area contributed by atoms with E-state index in [4.69, 9.17) is 5.26 Å². The van der Waals surface area contributed by atoms with Crippen molar-refractivity contribution in [2.45, 2.75) is 33.4 Å². The Morgan fingerprint density at radius 1 is 1.33 bits per heavy atom. The highest BCUT2D eigenvalue weighted by molar-refractivity contribution is 5.76. The fraction of sp³-hybridized carbons (Fsp3) is 0.333. The molecule has 0 saturated heterocycles. The van der Waals surface area contributed by atoms with E-state index in [1.165, 1.54) is 0 Å². The van der Waals surface area contributed by atoms with Gasteiger partial charge < -0.3 is 4.90 Å². The summed E-state index contributed by atoms with van der Waals surface area (Å²) in [6.45, 7) is 5.12. The summed E-state index contributed by atoms with van der Waals surface area (Å²) in [6.07, 6.45) is 0. The molecule has 0 spiro atoms. The Labute approximate surface area is 141 Å². The van der Waals surface area contributed by atoms with Crippen LogP contribution < -0.4 is 5.56 Å². The van der Waals surface area contributed by atoms with Crippen LogP contribution in [0.3, 0.4) is 0 Å². The number of nitriles is 1. The number of aryl methyl sites for hydroxylation is 1.